The molecule has 5 heteroatoms. The summed E-state index contributed by atoms with van der Waals surface area (Å²) in [5.74, 6) is -1.00. The zero-order valence-electron chi connectivity index (χ0n) is 7.64. The maximum Gasteiger partial charge on any atom is 0.573 e. The molecule has 0 aliphatic heterocycles. The highest BCUT2D eigenvalue weighted by Crippen LogP contribution is 2.36. The Labute approximate surface area is 78.9 Å². The molecule has 0 aromatic heterocycles. The Bertz CT molecular complexity index is 345. The van der Waals surface area contributed by atoms with E-state index in [0.29, 0.717) is 5.56 Å². The van der Waals surface area contributed by atoms with E-state index < -0.39 is 17.9 Å². The maximum absolute atomic E-state index is 11.9. The summed E-state index contributed by atoms with van der Waals surface area (Å²) in [6, 6.07) is 2.98. The Balaban J connectivity index is 3.13. The number of benzene rings is 1. The van der Waals surface area contributed by atoms with E-state index >= 15 is 0 Å². The first-order chi connectivity index (χ1) is 6.31. The first kappa shape index (κ1) is 10.7. The number of aryl methyl sites for hydroxylation is 2. The van der Waals surface area contributed by atoms with Crippen LogP contribution >= 0.6 is 0 Å². The van der Waals surface area contributed by atoms with Gasteiger partial charge >= 0.3 is 6.36 Å². The zero-order chi connectivity index (χ0) is 10.9. The highest BCUT2D eigenvalue weighted by molar-refractivity contribution is 5.49. The van der Waals surface area contributed by atoms with E-state index in [1.54, 1.807) is 0 Å². The van der Waals surface area contributed by atoms with Crippen molar-refractivity contribution in [2.45, 2.75) is 20.2 Å². The number of hydrogen-bond donors (Lipinski definition) is 1. The van der Waals surface area contributed by atoms with Gasteiger partial charge in [-0.1, -0.05) is 12.1 Å². The molecular weight excluding hydrogens is 197 g/mol. The van der Waals surface area contributed by atoms with Gasteiger partial charge in [-0.2, -0.15) is 0 Å². The second-order valence-electron chi connectivity index (χ2n) is 2.92. The number of rotatable bonds is 1. The summed E-state index contributed by atoms with van der Waals surface area (Å²) in [4.78, 5) is 0. The van der Waals surface area contributed by atoms with Crippen molar-refractivity contribution in [2.24, 2.45) is 0 Å². The molecule has 0 aliphatic rings. The molecule has 1 aromatic carbocycles. The van der Waals surface area contributed by atoms with Crippen molar-refractivity contribution in [1.82, 2.24) is 0 Å². The van der Waals surface area contributed by atoms with Crippen LogP contribution in [0.4, 0.5) is 13.2 Å². The zero-order valence-corrected chi connectivity index (χ0v) is 7.64. The summed E-state index contributed by atoms with van der Waals surface area (Å²) in [5, 5.41) is 9.32. The molecule has 0 saturated carbocycles. The fourth-order valence-electron chi connectivity index (χ4n) is 1.02. The van der Waals surface area contributed by atoms with Crippen molar-refractivity contribution in [1.29, 1.82) is 0 Å². The van der Waals surface area contributed by atoms with Gasteiger partial charge in [0.2, 0.25) is 0 Å². The number of aromatic hydroxyl groups is 1. The molecule has 1 aromatic rings. The number of phenolic OH excluding ortho intramolecular Hbond substituents is 1. The normalized spacial score (nSPS) is 11.5. The second kappa shape index (κ2) is 3.40. The number of phenols is 1. The van der Waals surface area contributed by atoms with Gasteiger partial charge in [0.1, 0.15) is 0 Å². The molecule has 0 saturated heterocycles. The average Bonchev–Trinajstić information content (AvgIpc) is 2.04. The van der Waals surface area contributed by atoms with Crippen molar-refractivity contribution in [2.75, 3.05) is 0 Å². The predicted octanol–water partition coefficient (Wildman–Crippen LogP) is 2.91. The van der Waals surface area contributed by atoms with Crippen molar-refractivity contribution >= 4 is 0 Å². The van der Waals surface area contributed by atoms with Gasteiger partial charge in [-0.15, -0.1) is 13.2 Å². The van der Waals surface area contributed by atoms with E-state index in [2.05, 4.69) is 4.74 Å². The molecule has 0 atom stereocenters. The summed E-state index contributed by atoms with van der Waals surface area (Å²) in [6.45, 7) is 2.93. The topological polar surface area (TPSA) is 29.5 Å². The number of halogens is 3. The molecule has 0 bridgehead atoms. The van der Waals surface area contributed by atoms with Crippen LogP contribution in [0.5, 0.6) is 11.5 Å². The van der Waals surface area contributed by atoms with Crippen LogP contribution in [0.1, 0.15) is 11.1 Å². The van der Waals surface area contributed by atoms with Gasteiger partial charge in [0.05, 0.1) is 0 Å². The molecule has 1 N–H and O–H groups in total. The van der Waals surface area contributed by atoms with Gasteiger partial charge in [-0.25, -0.2) is 0 Å². The average molecular weight is 206 g/mol. The van der Waals surface area contributed by atoms with E-state index in [1.165, 1.54) is 26.0 Å². The van der Waals surface area contributed by atoms with Gasteiger partial charge in [0.25, 0.3) is 0 Å². The highest BCUT2D eigenvalue weighted by Gasteiger charge is 2.33. The first-order valence-electron chi connectivity index (χ1n) is 3.86. The van der Waals surface area contributed by atoms with Crippen molar-refractivity contribution in [3.05, 3.63) is 23.3 Å². The van der Waals surface area contributed by atoms with Gasteiger partial charge in [-0.05, 0) is 25.0 Å². The third kappa shape index (κ3) is 2.31. The number of alkyl halides is 3. The fourth-order valence-corrected chi connectivity index (χ4v) is 1.02. The lowest BCUT2D eigenvalue weighted by Gasteiger charge is -2.13. The smallest absolute Gasteiger partial charge is 0.504 e. The van der Waals surface area contributed by atoms with Crippen LogP contribution in [0.3, 0.4) is 0 Å². The number of ether oxygens (including phenoxy) is 1. The SMILES string of the molecule is Cc1ccc(C)c(OC(F)(F)F)c1O. The van der Waals surface area contributed by atoms with Crippen LogP contribution in [0, 0.1) is 13.8 Å². The quantitative estimate of drug-likeness (QED) is 0.765. The Morgan fingerprint density at radius 3 is 2.14 bits per heavy atom. The van der Waals surface area contributed by atoms with Gasteiger partial charge in [0, 0.05) is 0 Å². The lowest BCUT2D eigenvalue weighted by molar-refractivity contribution is -0.275. The monoisotopic (exact) mass is 206 g/mol. The third-order valence-corrected chi connectivity index (χ3v) is 1.75. The van der Waals surface area contributed by atoms with Crippen LogP contribution in [-0.2, 0) is 0 Å². The van der Waals surface area contributed by atoms with Crippen LogP contribution in [-0.4, -0.2) is 11.5 Å². The molecule has 0 unspecified atom stereocenters. The molecule has 0 fully saturated rings. The molecule has 0 amide bonds. The largest absolute Gasteiger partial charge is 0.573 e. The summed E-state index contributed by atoms with van der Waals surface area (Å²) in [5.41, 5.74) is 0.584. The van der Waals surface area contributed by atoms with E-state index in [9.17, 15) is 18.3 Å². The lowest BCUT2D eigenvalue weighted by atomic mass is 10.1. The minimum atomic E-state index is -4.78. The summed E-state index contributed by atoms with van der Waals surface area (Å²) in [6.07, 6.45) is -4.78. The fraction of sp³-hybridized carbons (Fsp3) is 0.333. The Kier molecular flexibility index (Phi) is 2.59. The second-order valence-corrected chi connectivity index (χ2v) is 2.92. The number of hydrogen-bond acceptors (Lipinski definition) is 2. The first-order valence-corrected chi connectivity index (χ1v) is 3.86. The Morgan fingerprint density at radius 1 is 1.14 bits per heavy atom. The van der Waals surface area contributed by atoms with E-state index in [-0.39, 0.29) is 5.56 Å². The summed E-state index contributed by atoms with van der Waals surface area (Å²) in [7, 11) is 0. The molecule has 0 spiro atoms. The summed E-state index contributed by atoms with van der Waals surface area (Å²) < 4.78 is 39.4. The molecular formula is C9H9F3O2. The molecule has 0 aliphatic carbocycles. The van der Waals surface area contributed by atoms with E-state index in [4.69, 9.17) is 0 Å². The lowest BCUT2D eigenvalue weighted by Crippen LogP contribution is -2.18. The molecule has 14 heavy (non-hydrogen) atoms. The van der Waals surface area contributed by atoms with Gasteiger partial charge in [0.15, 0.2) is 11.5 Å². The van der Waals surface area contributed by atoms with Crippen molar-refractivity contribution in [3.63, 3.8) is 0 Å². The Hall–Kier alpha value is -1.39. The molecule has 0 heterocycles. The van der Waals surface area contributed by atoms with Crippen LogP contribution in [0.2, 0.25) is 0 Å². The molecule has 0 radical (unpaired) electrons. The minimum Gasteiger partial charge on any atom is -0.504 e. The predicted molar refractivity (Wildman–Crippen MR) is 44.3 cm³/mol. The molecule has 1 rings (SSSR count). The van der Waals surface area contributed by atoms with Gasteiger partial charge in [-0.3, -0.25) is 0 Å². The van der Waals surface area contributed by atoms with Crippen LogP contribution < -0.4 is 4.74 Å². The van der Waals surface area contributed by atoms with E-state index in [1.807, 2.05) is 0 Å². The van der Waals surface area contributed by atoms with Crippen molar-refractivity contribution < 1.29 is 23.0 Å². The summed E-state index contributed by atoms with van der Waals surface area (Å²) >= 11 is 0. The maximum atomic E-state index is 11.9. The minimum absolute atomic E-state index is 0.241. The molecule has 78 valence electrons. The molecule has 2 nitrogen and oxygen atoms in total. The van der Waals surface area contributed by atoms with Crippen LogP contribution in [0.25, 0.3) is 0 Å². The third-order valence-electron chi connectivity index (χ3n) is 1.75. The standard InChI is InChI=1S/C9H9F3O2/c1-5-3-4-6(2)8(7(5)13)14-9(10,11)12/h3-4,13H,1-2H3. The van der Waals surface area contributed by atoms with Crippen molar-refractivity contribution in [3.8, 4) is 11.5 Å². The Morgan fingerprint density at radius 2 is 1.64 bits per heavy atom. The highest BCUT2D eigenvalue weighted by atomic mass is 19.4. The van der Waals surface area contributed by atoms with Gasteiger partial charge < -0.3 is 9.84 Å². The van der Waals surface area contributed by atoms with E-state index in [0.717, 1.165) is 0 Å². The van der Waals surface area contributed by atoms with Crippen LogP contribution in [0.15, 0.2) is 12.1 Å².